The molecule has 4 nitrogen and oxygen atoms in total. The highest BCUT2D eigenvalue weighted by atomic mass is 16.1. The molecule has 86 valence electrons. The predicted octanol–water partition coefficient (Wildman–Crippen LogP) is -0.0643. The molecule has 0 aromatic carbocycles. The maximum atomic E-state index is 10.9. The van der Waals surface area contributed by atoms with Gasteiger partial charge in [-0.3, -0.25) is 9.69 Å². The molecule has 4 heteroatoms. The number of nitrogens with two attached hydrogens (primary N) is 1. The van der Waals surface area contributed by atoms with Crippen LogP contribution >= 0.6 is 0 Å². The smallest absolute Gasteiger partial charge is 0.231 e. The summed E-state index contributed by atoms with van der Waals surface area (Å²) in [7, 11) is 0. The van der Waals surface area contributed by atoms with E-state index in [4.69, 9.17) is 5.73 Å². The van der Waals surface area contributed by atoms with Gasteiger partial charge in [0.15, 0.2) is 0 Å². The molecule has 1 aliphatic heterocycles. The van der Waals surface area contributed by atoms with Gasteiger partial charge in [-0.25, -0.2) is 0 Å². The lowest BCUT2D eigenvalue weighted by atomic mass is 9.99. The SMILES string of the molecule is NC(=O)CN(CC1CCCNC1)C1CC1. The Kier molecular flexibility index (Phi) is 3.59. The second-order valence-electron chi connectivity index (χ2n) is 4.84. The number of hydrogen-bond donors (Lipinski definition) is 2. The van der Waals surface area contributed by atoms with Crippen molar-refractivity contribution in [2.45, 2.75) is 31.7 Å². The number of carbonyl (C=O) groups excluding carboxylic acids is 1. The van der Waals surface area contributed by atoms with Crippen molar-refractivity contribution < 1.29 is 4.79 Å². The van der Waals surface area contributed by atoms with Gasteiger partial charge in [-0.05, 0) is 44.7 Å². The van der Waals surface area contributed by atoms with E-state index < -0.39 is 0 Å². The molecular formula is C11H21N3O. The van der Waals surface area contributed by atoms with Crippen LogP contribution in [0.5, 0.6) is 0 Å². The Morgan fingerprint density at radius 1 is 1.40 bits per heavy atom. The molecule has 15 heavy (non-hydrogen) atoms. The Labute approximate surface area is 91.2 Å². The number of amides is 1. The van der Waals surface area contributed by atoms with Crippen molar-refractivity contribution in [3.63, 3.8) is 0 Å². The van der Waals surface area contributed by atoms with Gasteiger partial charge in [-0.2, -0.15) is 0 Å². The molecule has 0 aromatic heterocycles. The maximum Gasteiger partial charge on any atom is 0.231 e. The Morgan fingerprint density at radius 3 is 2.73 bits per heavy atom. The first-order valence-electron chi connectivity index (χ1n) is 5.99. The van der Waals surface area contributed by atoms with Crippen LogP contribution in [-0.2, 0) is 4.79 Å². The Morgan fingerprint density at radius 2 is 2.20 bits per heavy atom. The van der Waals surface area contributed by atoms with Crippen molar-refractivity contribution in [3.8, 4) is 0 Å². The zero-order valence-electron chi connectivity index (χ0n) is 9.24. The summed E-state index contributed by atoms with van der Waals surface area (Å²) in [6, 6.07) is 0.638. The molecular weight excluding hydrogens is 190 g/mol. The summed E-state index contributed by atoms with van der Waals surface area (Å²) >= 11 is 0. The van der Waals surface area contributed by atoms with Crippen molar-refractivity contribution in [3.05, 3.63) is 0 Å². The molecule has 0 bridgehead atoms. The first-order valence-corrected chi connectivity index (χ1v) is 5.99. The number of piperidine rings is 1. The normalized spacial score (nSPS) is 26.9. The van der Waals surface area contributed by atoms with Crippen LogP contribution in [0.3, 0.4) is 0 Å². The lowest BCUT2D eigenvalue weighted by Crippen LogP contribution is -2.42. The summed E-state index contributed by atoms with van der Waals surface area (Å²) in [6.07, 6.45) is 5.04. The molecule has 1 unspecified atom stereocenters. The average Bonchev–Trinajstić information content (AvgIpc) is 3.01. The highest BCUT2D eigenvalue weighted by Crippen LogP contribution is 2.28. The van der Waals surface area contributed by atoms with Crippen molar-refractivity contribution in [2.24, 2.45) is 11.7 Å². The first-order chi connectivity index (χ1) is 7.25. The molecule has 1 amide bonds. The van der Waals surface area contributed by atoms with Gasteiger partial charge in [0.2, 0.25) is 5.91 Å². The molecule has 2 aliphatic rings. The summed E-state index contributed by atoms with van der Waals surface area (Å²) in [6.45, 7) is 3.74. The van der Waals surface area contributed by atoms with E-state index in [9.17, 15) is 4.79 Å². The minimum atomic E-state index is -0.189. The van der Waals surface area contributed by atoms with Crippen molar-refractivity contribution in [1.82, 2.24) is 10.2 Å². The maximum absolute atomic E-state index is 10.9. The largest absolute Gasteiger partial charge is 0.369 e. The highest BCUT2D eigenvalue weighted by molar-refractivity contribution is 5.76. The van der Waals surface area contributed by atoms with E-state index in [0.29, 0.717) is 18.5 Å². The fourth-order valence-electron chi connectivity index (χ4n) is 2.39. The van der Waals surface area contributed by atoms with Gasteiger partial charge < -0.3 is 11.1 Å². The Balaban J connectivity index is 1.79. The van der Waals surface area contributed by atoms with Crippen molar-refractivity contribution >= 4 is 5.91 Å². The summed E-state index contributed by atoms with van der Waals surface area (Å²) in [5.74, 6) is 0.518. The number of rotatable bonds is 5. The first kappa shape index (κ1) is 10.9. The van der Waals surface area contributed by atoms with E-state index in [1.165, 1.54) is 25.7 Å². The van der Waals surface area contributed by atoms with Crippen LogP contribution in [-0.4, -0.2) is 43.0 Å². The van der Waals surface area contributed by atoms with E-state index in [0.717, 1.165) is 19.6 Å². The summed E-state index contributed by atoms with van der Waals surface area (Å²) in [5, 5.41) is 3.41. The number of nitrogens with one attached hydrogen (secondary N) is 1. The second-order valence-corrected chi connectivity index (χ2v) is 4.84. The number of carbonyl (C=O) groups is 1. The topological polar surface area (TPSA) is 58.4 Å². The van der Waals surface area contributed by atoms with Gasteiger partial charge >= 0.3 is 0 Å². The molecule has 1 heterocycles. The fraction of sp³-hybridized carbons (Fsp3) is 0.909. The van der Waals surface area contributed by atoms with Crippen LogP contribution in [0.1, 0.15) is 25.7 Å². The summed E-state index contributed by atoms with van der Waals surface area (Å²) < 4.78 is 0. The van der Waals surface area contributed by atoms with E-state index in [-0.39, 0.29) is 5.91 Å². The van der Waals surface area contributed by atoms with Crippen LogP contribution in [0.15, 0.2) is 0 Å². The third kappa shape index (κ3) is 3.47. The molecule has 0 radical (unpaired) electrons. The fourth-order valence-corrected chi connectivity index (χ4v) is 2.39. The lowest BCUT2D eigenvalue weighted by Gasteiger charge is -2.29. The number of hydrogen-bond acceptors (Lipinski definition) is 3. The Hall–Kier alpha value is -0.610. The molecule has 2 fully saturated rings. The van der Waals surface area contributed by atoms with E-state index in [1.807, 2.05) is 0 Å². The molecule has 2 rings (SSSR count). The van der Waals surface area contributed by atoms with Gasteiger partial charge in [0.05, 0.1) is 6.54 Å². The summed E-state index contributed by atoms with van der Waals surface area (Å²) in [5.41, 5.74) is 5.27. The summed E-state index contributed by atoms with van der Waals surface area (Å²) in [4.78, 5) is 13.2. The van der Waals surface area contributed by atoms with Gasteiger partial charge in [-0.15, -0.1) is 0 Å². The van der Waals surface area contributed by atoms with Crippen molar-refractivity contribution in [1.29, 1.82) is 0 Å². The molecule has 1 saturated heterocycles. The van der Waals surface area contributed by atoms with E-state index >= 15 is 0 Å². The lowest BCUT2D eigenvalue weighted by molar-refractivity contribution is -0.119. The van der Waals surface area contributed by atoms with Crippen LogP contribution in [0.4, 0.5) is 0 Å². The quantitative estimate of drug-likeness (QED) is 0.669. The third-order valence-corrected chi connectivity index (χ3v) is 3.31. The molecule has 0 spiro atoms. The van der Waals surface area contributed by atoms with Gasteiger partial charge in [-0.1, -0.05) is 0 Å². The number of primary amides is 1. The second kappa shape index (κ2) is 4.94. The van der Waals surface area contributed by atoms with Crippen LogP contribution in [0, 0.1) is 5.92 Å². The molecule has 1 aliphatic carbocycles. The van der Waals surface area contributed by atoms with Crippen LogP contribution in [0.25, 0.3) is 0 Å². The van der Waals surface area contributed by atoms with Gasteiger partial charge in [0.1, 0.15) is 0 Å². The van der Waals surface area contributed by atoms with Crippen molar-refractivity contribution in [2.75, 3.05) is 26.2 Å². The predicted molar refractivity (Wildman–Crippen MR) is 59.4 cm³/mol. The van der Waals surface area contributed by atoms with Crippen LogP contribution < -0.4 is 11.1 Å². The monoisotopic (exact) mass is 211 g/mol. The molecule has 1 saturated carbocycles. The Bertz CT molecular complexity index is 222. The zero-order valence-corrected chi connectivity index (χ0v) is 9.24. The van der Waals surface area contributed by atoms with Gasteiger partial charge in [0.25, 0.3) is 0 Å². The molecule has 1 atom stereocenters. The third-order valence-electron chi connectivity index (χ3n) is 3.31. The van der Waals surface area contributed by atoms with Gasteiger partial charge in [0, 0.05) is 12.6 Å². The standard InChI is InChI=1S/C11H21N3O/c12-11(15)8-14(10-3-4-10)7-9-2-1-5-13-6-9/h9-10,13H,1-8H2,(H2,12,15). The molecule has 3 N–H and O–H groups in total. The minimum absolute atomic E-state index is 0.189. The average molecular weight is 211 g/mol. The highest BCUT2D eigenvalue weighted by Gasteiger charge is 2.31. The van der Waals surface area contributed by atoms with E-state index in [1.54, 1.807) is 0 Å². The van der Waals surface area contributed by atoms with Crippen LogP contribution in [0.2, 0.25) is 0 Å². The minimum Gasteiger partial charge on any atom is -0.369 e. The molecule has 0 aromatic rings. The number of nitrogens with zero attached hydrogens (tertiary/aromatic N) is 1. The van der Waals surface area contributed by atoms with E-state index in [2.05, 4.69) is 10.2 Å². The zero-order chi connectivity index (χ0) is 10.7.